The van der Waals surface area contributed by atoms with Gasteiger partial charge >= 0.3 is 0 Å². The van der Waals surface area contributed by atoms with Crippen LogP contribution in [0.5, 0.6) is 5.75 Å². The minimum Gasteiger partial charge on any atom is -0.491 e. The number of hydrogen-bond donors (Lipinski definition) is 1. The number of ether oxygens (including phenoxy) is 2. The van der Waals surface area contributed by atoms with Crippen molar-refractivity contribution in [1.29, 1.82) is 0 Å². The Morgan fingerprint density at radius 3 is 2.45 bits per heavy atom. The molecule has 38 heavy (non-hydrogen) atoms. The number of anilines is 1. The van der Waals surface area contributed by atoms with Gasteiger partial charge in [0, 0.05) is 50.5 Å². The number of carbonyl (C=O) groups excluding carboxylic acids is 3. The lowest BCUT2D eigenvalue weighted by atomic mass is 10.0. The molecule has 3 rings (SSSR count). The normalized spacial score (nSPS) is 20.7. The number of fused-ring (bicyclic) bond motifs is 1. The number of halogens is 1. The first-order valence-electron chi connectivity index (χ1n) is 12.6. The van der Waals surface area contributed by atoms with Crippen molar-refractivity contribution in [2.75, 3.05) is 59.8 Å². The van der Waals surface area contributed by atoms with Crippen LogP contribution in [0.3, 0.4) is 0 Å². The summed E-state index contributed by atoms with van der Waals surface area (Å²) in [6.07, 6.45) is -0.288. The van der Waals surface area contributed by atoms with E-state index in [1.807, 2.05) is 32.8 Å². The second-order valence-corrected chi connectivity index (χ2v) is 10.1. The van der Waals surface area contributed by atoms with Crippen LogP contribution < -0.4 is 10.1 Å². The van der Waals surface area contributed by atoms with Crippen LogP contribution in [-0.2, 0) is 9.53 Å². The highest BCUT2D eigenvalue weighted by atomic mass is 19.1. The Kier molecular flexibility index (Phi) is 9.82. The number of nitrogens with one attached hydrogen (secondary N) is 1. The van der Waals surface area contributed by atoms with Crippen LogP contribution in [0.15, 0.2) is 42.5 Å². The fourth-order valence-electron chi connectivity index (χ4n) is 4.36. The summed E-state index contributed by atoms with van der Waals surface area (Å²) in [4.78, 5) is 44.3. The van der Waals surface area contributed by atoms with Crippen molar-refractivity contribution in [2.45, 2.75) is 26.0 Å². The van der Waals surface area contributed by atoms with Gasteiger partial charge in [0.15, 0.2) is 0 Å². The minimum absolute atomic E-state index is 0.0326. The second kappa shape index (κ2) is 12.8. The molecular formula is C28H37FN4O5. The van der Waals surface area contributed by atoms with E-state index in [1.54, 1.807) is 42.2 Å². The average Bonchev–Trinajstić information content (AvgIpc) is 2.87. The van der Waals surface area contributed by atoms with Crippen LogP contribution in [0, 0.1) is 11.7 Å². The van der Waals surface area contributed by atoms with E-state index in [2.05, 4.69) is 5.32 Å². The molecule has 3 amide bonds. The number of amides is 3. The summed E-state index contributed by atoms with van der Waals surface area (Å²) < 4.78 is 25.1. The van der Waals surface area contributed by atoms with Crippen molar-refractivity contribution in [3.8, 4) is 5.75 Å². The lowest BCUT2D eigenvalue weighted by molar-refractivity contribution is -0.136. The maximum atomic E-state index is 13.4. The van der Waals surface area contributed by atoms with Crippen LogP contribution >= 0.6 is 0 Å². The van der Waals surface area contributed by atoms with Gasteiger partial charge in [-0.15, -0.1) is 0 Å². The third kappa shape index (κ3) is 7.29. The summed E-state index contributed by atoms with van der Waals surface area (Å²) in [5.74, 6) is -0.892. The van der Waals surface area contributed by atoms with Gasteiger partial charge < -0.3 is 29.5 Å². The van der Waals surface area contributed by atoms with Crippen molar-refractivity contribution in [1.82, 2.24) is 14.7 Å². The number of methoxy groups -OCH3 is 1. The molecule has 1 aliphatic rings. The summed E-state index contributed by atoms with van der Waals surface area (Å²) in [6, 6.07) is 9.72. The Bertz CT molecular complexity index is 1140. The van der Waals surface area contributed by atoms with Gasteiger partial charge in [-0.1, -0.05) is 6.92 Å². The van der Waals surface area contributed by atoms with Gasteiger partial charge in [0.1, 0.15) is 18.2 Å². The number of benzene rings is 2. The Labute approximate surface area is 223 Å². The zero-order valence-electron chi connectivity index (χ0n) is 22.9. The highest BCUT2D eigenvalue weighted by Crippen LogP contribution is 2.27. The topological polar surface area (TPSA) is 91.4 Å². The molecule has 3 atom stereocenters. The lowest BCUT2D eigenvalue weighted by Crippen LogP contribution is -2.50. The van der Waals surface area contributed by atoms with Crippen LogP contribution in [0.4, 0.5) is 10.1 Å². The SMILES string of the molecule is CO[C@H]1CN(C)C(=O)c2ccc(NC(=O)c3ccc(F)cc3)cc2OC[C@H](C)N(C(=O)CN(C)C)C[C@H]1C. The van der Waals surface area contributed by atoms with Gasteiger partial charge in [-0.25, -0.2) is 4.39 Å². The fourth-order valence-corrected chi connectivity index (χ4v) is 4.36. The predicted molar refractivity (Wildman–Crippen MR) is 143 cm³/mol. The van der Waals surface area contributed by atoms with E-state index in [0.29, 0.717) is 29.9 Å². The van der Waals surface area contributed by atoms with Crippen molar-refractivity contribution in [3.05, 3.63) is 59.4 Å². The van der Waals surface area contributed by atoms with Gasteiger partial charge in [-0.2, -0.15) is 0 Å². The molecule has 2 aromatic rings. The molecule has 1 N–H and O–H groups in total. The first-order valence-corrected chi connectivity index (χ1v) is 12.6. The molecule has 0 saturated carbocycles. The lowest BCUT2D eigenvalue weighted by Gasteiger charge is -2.36. The smallest absolute Gasteiger partial charge is 0.257 e. The maximum Gasteiger partial charge on any atom is 0.257 e. The molecule has 0 unspecified atom stereocenters. The first-order chi connectivity index (χ1) is 18.0. The second-order valence-electron chi connectivity index (χ2n) is 10.1. The van der Waals surface area contributed by atoms with Gasteiger partial charge in [0.05, 0.1) is 24.3 Å². The Morgan fingerprint density at radius 1 is 1.13 bits per heavy atom. The molecule has 206 valence electrons. The van der Waals surface area contributed by atoms with Gasteiger partial charge in [0.2, 0.25) is 5.91 Å². The number of nitrogens with zero attached hydrogens (tertiary/aromatic N) is 3. The van der Waals surface area contributed by atoms with Gasteiger partial charge in [0.25, 0.3) is 11.8 Å². The Morgan fingerprint density at radius 2 is 1.82 bits per heavy atom. The molecule has 0 fully saturated rings. The molecule has 0 bridgehead atoms. The van der Waals surface area contributed by atoms with Crippen LogP contribution in [0.25, 0.3) is 0 Å². The van der Waals surface area contributed by atoms with Crippen LogP contribution in [0.2, 0.25) is 0 Å². The molecule has 0 saturated heterocycles. The molecule has 0 aliphatic carbocycles. The summed E-state index contributed by atoms with van der Waals surface area (Å²) in [5.41, 5.74) is 1.03. The van der Waals surface area contributed by atoms with Crippen molar-refractivity contribution in [3.63, 3.8) is 0 Å². The average molecular weight is 529 g/mol. The maximum absolute atomic E-state index is 13.4. The van der Waals surface area contributed by atoms with E-state index in [4.69, 9.17) is 9.47 Å². The first kappa shape index (κ1) is 29.1. The number of likely N-dealkylation sites (N-methyl/N-ethyl adjacent to an activating group) is 2. The van der Waals surface area contributed by atoms with Crippen molar-refractivity contribution in [2.24, 2.45) is 5.92 Å². The zero-order valence-corrected chi connectivity index (χ0v) is 22.9. The van der Waals surface area contributed by atoms with E-state index >= 15 is 0 Å². The molecule has 1 aliphatic heterocycles. The fraction of sp³-hybridized carbons (Fsp3) is 0.464. The number of carbonyl (C=O) groups is 3. The highest BCUT2D eigenvalue weighted by Gasteiger charge is 2.30. The van der Waals surface area contributed by atoms with E-state index in [1.165, 1.54) is 24.3 Å². The summed E-state index contributed by atoms with van der Waals surface area (Å²) >= 11 is 0. The van der Waals surface area contributed by atoms with E-state index in [9.17, 15) is 18.8 Å². The Hall–Kier alpha value is -3.50. The van der Waals surface area contributed by atoms with Crippen LogP contribution in [0.1, 0.15) is 34.6 Å². The molecule has 0 spiro atoms. The molecule has 2 aromatic carbocycles. The predicted octanol–water partition coefficient (Wildman–Crippen LogP) is 2.97. The van der Waals surface area contributed by atoms with E-state index in [0.717, 1.165) is 0 Å². The van der Waals surface area contributed by atoms with Gasteiger partial charge in [-0.05, 0) is 57.4 Å². The largest absolute Gasteiger partial charge is 0.491 e. The summed E-state index contributed by atoms with van der Waals surface area (Å²) in [5, 5.41) is 2.77. The van der Waals surface area contributed by atoms with E-state index in [-0.39, 0.29) is 48.8 Å². The minimum atomic E-state index is -0.435. The molecule has 1 heterocycles. The zero-order chi connectivity index (χ0) is 28.0. The molecule has 0 aromatic heterocycles. The number of hydrogen-bond acceptors (Lipinski definition) is 6. The monoisotopic (exact) mass is 528 g/mol. The number of rotatable bonds is 5. The van der Waals surface area contributed by atoms with Crippen molar-refractivity contribution >= 4 is 23.4 Å². The third-order valence-corrected chi connectivity index (χ3v) is 6.58. The Balaban J connectivity index is 1.93. The van der Waals surface area contributed by atoms with Crippen LogP contribution in [-0.4, -0.2) is 99.1 Å². The third-order valence-electron chi connectivity index (χ3n) is 6.58. The van der Waals surface area contributed by atoms with E-state index < -0.39 is 11.7 Å². The van der Waals surface area contributed by atoms with Gasteiger partial charge in [-0.3, -0.25) is 14.4 Å². The molecule has 9 nitrogen and oxygen atoms in total. The molecule has 10 heteroatoms. The standard InChI is InChI=1S/C28H37FN4O5/c1-18-14-33(26(34)16-31(3)4)19(2)17-38-24-13-22(30-27(35)20-7-9-21(29)10-8-20)11-12-23(24)28(36)32(5)15-25(18)37-6/h7-13,18-19,25H,14-17H2,1-6H3,(H,30,35)/t18-,19+,25+/m1/s1. The molecule has 0 radical (unpaired) electrons. The summed E-state index contributed by atoms with van der Waals surface area (Å²) in [7, 11) is 6.98. The molecular weight excluding hydrogens is 491 g/mol. The quantitative estimate of drug-likeness (QED) is 0.642. The van der Waals surface area contributed by atoms with Crippen molar-refractivity contribution < 1.29 is 28.2 Å². The highest BCUT2D eigenvalue weighted by molar-refractivity contribution is 6.05. The summed E-state index contributed by atoms with van der Waals surface area (Å²) in [6.45, 7) is 5.07.